The summed E-state index contributed by atoms with van der Waals surface area (Å²) in [7, 11) is -3.59. The monoisotopic (exact) mass is 378 g/mol. The summed E-state index contributed by atoms with van der Waals surface area (Å²) in [6.07, 6.45) is 4.76. The molecule has 0 spiro atoms. The molecule has 2 bridgehead atoms. The first-order valence-electron chi connectivity index (χ1n) is 8.41. The second-order valence-electron chi connectivity index (χ2n) is 6.53. The molecular weight excluding hydrogens is 360 g/mol. The van der Waals surface area contributed by atoms with Crippen molar-refractivity contribution in [1.82, 2.24) is 9.29 Å². The summed E-state index contributed by atoms with van der Waals surface area (Å²) >= 11 is 6.14. The van der Waals surface area contributed by atoms with E-state index in [1.54, 1.807) is 34.8 Å². The number of rotatable bonds is 4. The summed E-state index contributed by atoms with van der Waals surface area (Å²) in [4.78, 5) is 4.39. The van der Waals surface area contributed by atoms with E-state index in [2.05, 4.69) is 4.98 Å². The summed E-state index contributed by atoms with van der Waals surface area (Å²) in [6, 6.07) is 12.1. The van der Waals surface area contributed by atoms with Crippen molar-refractivity contribution in [2.75, 3.05) is 0 Å². The van der Waals surface area contributed by atoms with Gasteiger partial charge in [0.1, 0.15) is 11.0 Å². The van der Waals surface area contributed by atoms with Crippen molar-refractivity contribution in [3.63, 3.8) is 0 Å². The highest BCUT2D eigenvalue weighted by atomic mass is 35.5. The molecular formula is C18H19ClN2O3S. The zero-order chi connectivity index (χ0) is 17.4. The molecule has 4 rings (SSSR count). The first-order chi connectivity index (χ1) is 12.1. The van der Waals surface area contributed by atoms with E-state index >= 15 is 0 Å². The van der Waals surface area contributed by atoms with Crippen LogP contribution in [0.15, 0.2) is 53.6 Å². The molecule has 5 nitrogen and oxygen atoms in total. The Morgan fingerprint density at radius 2 is 1.72 bits per heavy atom. The maximum atomic E-state index is 13.1. The number of piperidine rings is 1. The van der Waals surface area contributed by atoms with E-state index in [1.807, 2.05) is 18.2 Å². The lowest BCUT2D eigenvalue weighted by molar-refractivity contribution is 0.0918. The fourth-order valence-corrected chi connectivity index (χ4v) is 6.32. The summed E-state index contributed by atoms with van der Waals surface area (Å²) in [5.74, 6) is 0.592. The molecule has 2 aliphatic heterocycles. The lowest BCUT2D eigenvalue weighted by Gasteiger charge is -2.37. The fraction of sp³-hybridized carbons (Fsp3) is 0.389. The molecule has 1 aromatic heterocycles. The third-order valence-electron chi connectivity index (χ3n) is 4.94. The van der Waals surface area contributed by atoms with Gasteiger partial charge in [0.2, 0.25) is 15.9 Å². The van der Waals surface area contributed by atoms with E-state index in [-0.39, 0.29) is 28.1 Å². The van der Waals surface area contributed by atoms with Crippen molar-refractivity contribution in [2.24, 2.45) is 0 Å². The minimum Gasteiger partial charge on any atom is -0.474 e. The smallest absolute Gasteiger partial charge is 0.245 e. The molecule has 0 radical (unpaired) electrons. The number of aromatic nitrogens is 1. The SMILES string of the molecule is O=S(=O)(c1ccccc1Cl)N1C2CCC1CC(Oc1ccccn1)C2. The van der Waals surface area contributed by atoms with Crippen LogP contribution in [0.3, 0.4) is 0 Å². The van der Waals surface area contributed by atoms with E-state index in [0.29, 0.717) is 18.7 Å². The Balaban J connectivity index is 1.56. The molecule has 2 atom stereocenters. The Labute approximate surface area is 152 Å². The second kappa shape index (κ2) is 6.59. The van der Waals surface area contributed by atoms with Crippen LogP contribution in [0, 0.1) is 0 Å². The number of benzene rings is 1. The van der Waals surface area contributed by atoms with E-state index in [9.17, 15) is 8.42 Å². The fourth-order valence-electron chi connectivity index (χ4n) is 3.93. The minimum absolute atomic E-state index is 0.00917. The van der Waals surface area contributed by atoms with Gasteiger partial charge in [-0.15, -0.1) is 0 Å². The number of pyridine rings is 1. The maximum Gasteiger partial charge on any atom is 0.245 e. The summed E-state index contributed by atoms with van der Waals surface area (Å²) < 4.78 is 33.9. The van der Waals surface area contributed by atoms with E-state index < -0.39 is 10.0 Å². The van der Waals surface area contributed by atoms with Gasteiger partial charge in [0.25, 0.3) is 0 Å². The highest BCUT2D eigenvalue weighted by Crippen LogP contribution is 2.41. The minimum atomic E-state index is -3.59. The number of halogens is 1. The molecule has 0 saturated carbocycles. The van der Waals surface area contributed by atoms with Crippen LogP contribution >= 0.6 is 11.6 Å². The zero-order valence-corrected chi connectivity index (χ0v) is 15.2. The topological polar surface area (TPSA) is 59.5 Å². The van der Waals surface area contributed by atoms with Crippen molar-refractivity contribution >= 4 is 21.6 Å². The van der Waals surface area contributed by atoms with Crippen molar-refractivity contribution in [3.8, 4) is 5.88 Å². The lowest BCUT2D eigenvalue weighted by Crippen LogP contribution is -2.49. The largest absolute Gasteiger partial charge is 0.474 e. The van der Waals surface area contributed by atoms with Gasteiger partial charge >= 0.3 is 0 Å². The van der Waals surface area contributed by atoms with Crippen LogP contribution in [-0.2, 0) is 10.0 Å². The van der Waals surface area contributed by atoms with Gasteiger partial charge < -0.3 is 4.74 Å². The Bertz CT molecular complexity index is 846. The van der Waals surface area contributed by atoms with Gasteiger partial charge in [-0.05, 0) is 31.0 Å². The highest BCUT2D eigenvalue weighted by molar-refractivity contribution is 7.89. The molecule has 25 heavy (non-hydrogen) atoms. The van der Waals surface area contributed by atoms with Gasteiger partial charge in [-0.3, -0.25) is 0 Å². The molecule has 0 aliphatic carbocycles. The van der Waals surface area contributed by atoms with Crippen LogP contribution < -0.4 is 4.74 Å². The van der Waals surface area contributed by atoms with Crippen LogP contribution in [0.2, 0.25) is 5.02 Å². The van der Waals surface area contributed by atoms with Crippen LogP contribution in [0.1, 0.15) is 25.7 Å². The average molecular weight is 379 g/mol. The standard InChI is InChI=1S/C18H19ClN2O3S/c19-16-5-1-2-6-17(16)25(22,23)21-13-8-9-14(21)12-15(11-13)24-18-7-3-4-10-20-18/h1-7,10,13-15H,8-9,11-12H2. The van der Waals surface area contributed by atoms with E-state index in [4.69, 9.17) is 16.3 Å². The predicted molar refractivity (Wildman–Crippen MR) is 95.2 cm³/mol. The Kier molecular flexibility index (Phi) is 4.43. The van der Waals surface area contributed by atoms with Crippen LogP contribution in [0.25, 0.3) is 0 Å². The first-order valence-corrected chi connectivity index (χ1v) is 10.2. The lowest BCUT2D eigenvalue weighted by atomic mass is 10.0. The summed E-state index contributed by atoms with van der Waals surface area (Å²) in [5, 5.41) is 0.272. The Morgan fingerprint density at radius 3 is 2.36 bits per heavy atom. The molecule has 2 aliphatic rings. The number of hydrogen-bond donors (Lipinski definition) is 0. The number of nitrogens with zero attached hydrogens (tertiary/aromatic N) is 2. The normalized spacial score (nSPS) is 26.5. The molecule has 1 aromatic carbocycles. The number of ether oxygens (including phenoxy) is 1. The van der Waals surface area contributed by atoms with Gasteiger partial charge in [0.15, 0.2) is 0 Å². The molecule has 132 valence electrons. The molecule has 2 saturated heterocycles. The molecule has 7 heteroatoms. The van der Waals surface area contributed by atoms with Crippen molar-refractivity contribution in [3.05, 3.63) is 53.7 Å². The van der Waals surface area contributed by atoms with Gasteiger partial charge in [0.05, 0.1) is 5.02 Å². The number of fused-ring (bicyclic) bond motifs is 2. The maximum absolute atomic E-state index is 13.1. The first kappa shape index (κ1) is 16.8. The van der Waals surface area contributed by atoms with Gasteiger partial charge in [-0.2, -0.15) is 4.31 Å². The van der Waals surface area contributed by atoms with Crippen molar-refractivity contribution in [2.45, 2.75) is 48.8 Å². The van der Waals surface area contributed by atoms with Gasteiger partial charge in [0, 0.05) is 37.2 Å². The predicted octanol–water partition coefficient (Wildman–Crippen LogP) is 3.50. The highest BCUT2D eigenvalue weighted by Gasteiger charge is 2.48. The molecule has 3 heterocycles. The van der Waals surface area contributed by atoms with Crippen LogP contribution in [0.5, 0.6) is 5.88 Å². The van der Waals surface area contributed by atoms with Crippen LogP contribution in [-0.4, -0.2) is 35.9 Å². The van der Waals surface area contributed by atoms with Gasteiger partial charge in [-0.1, -0.05) is 29.8 Å². The molecule has 2 unspecified atom stereocenters. The molecule has 2 aromatic rings. The Hall–Kier alpha value is -1.63. The number of hydrogen-bond acceptors (Lipinski definition) is 4. The quantitative estimate of drug-likeness (QED) is 0.817. The zero-order valence-electron chi connectivity index (χ0n) is 13.6. The van der Waals surface area contributed by atoms with Crippen molar-refractivity contribution in [1.29, 1.82) is 0 Å². The summed E-state index contributed by atoms with van der Waals surface area (Å²) in [5.41, 5.74) is 0. The number of sulfonamides is 1. The molecule has 0 amide bonds. The third-order valence-corrected chi connectivity index (χ3v) is 7.44. The average Bonchev–Trinajstić information content (AvgIpc) is 2.89. The van der Waals surface area contributed by atoms with E-state index in [1.165, 1.54) is 0 Å². The Morgan fingerprint density at radius 1 is 1.04 bits per heavy atom. The second-order valence-corrected chi connectivity index (χ2v) is 8.75. The van der Waals surface area contributed by atoms with Crippen LogP contribution in [0.4, 0.5) is 0 Å². The summed E-state index contributed by atoms with van der Waals surface area (Å²) in [6.45, 7) is 0. The van der Waals surface area contributed by atoms with E-state index in [0.717, 1.165) is 12.8 Å². The molecule has 2 fully saturated rings. The third kappa shape index (κ3) is 3.14. The molecule has 0 N–H and O–H groups in total. The van der Waals surface area contributed by atoms with Crippen molar-refractivity contribution < 1.29 is 13.2 Å². The van der Waals surface area contributed by atoms with Gasteiger partial charge in [-0.25, -0.2) is 13.4 Å².